The van der Waals surface area contributed by atoms with Crippen LogP contribution in [0.4, 0.5) is 0 Å². The topological polar surface area (TPSA) is 41.6 Å². The standard InChI is InChI=1S/C23H29ClN2O2/c1-26(13-4-14-28-22-6-3-2-5-21(22)24)23(27)16-19-9-7-18(8-10-19)15-20-11-12-25-17-20/h2-3,5-10,20,25H,4,11-17H2,1H3. The lowest BCUT2D eigenvalue weighted by Gasteiger charge is -2.18. The molecule has 1 saturated heterocycles. The van der Waals surface area contributed by atoms with Gasteiger partial charge in [0.25, 0.3) is 0 Å². The summed E-state index contributed by atoms with van der Waals surface area (Å²) in [4.78, 5) is 14.2. The number of nitrogens with one attached hydrogen (secondary N) is 1. The lowest BCUT2D eigenvalue weighted by atomic mass is 9.97. The van der Waals surface area contributed by atoms with Crippen LogP contribution in [0.25, 0.3) is 0 Å². The van der Waals surface area contributed by atoms with Gasteiger partial charge in [-0.2, -0.15) is 0 Å². The molecule has 0 aliphatic carbocycles. The van der Waals surface area contributed by atoms with Crippen LogP contribution in [-0.4, -0.2) is 44.1 Å². The average Bonchev–Trinajstić information content (AvgIpc) is 3.21. The monoisotopic (exact) mass is 400 g/mol. The smallest absolute Gasteiger partial charge is 0.226 e. The number of para-hydroxylation sites is 1. The molecule has 2 aromatic carbocycles. The molecule has 2 aromatic rings. The first kappa shape index (κ1) is 20.7. The molecule has 28 heavy (non-hydrogen) atoms. The lowest BCUT2D eigenvalue weighted by molar-refractivity contribution is -0.129. The van der Waals surface area contributed by atoms with Crippen LogP contribution >= 0.6 is 11.6 Å². The van der Waals surface area contributed by atoms with Crippen LogP contribution in [0.15, 0.2) is 48.5 Å². The molecular weight excluding hydrogens is 372 g/mol. The second-order valence-electron chi connectivity index (χ2n) is 7.50. The minimum Gasteiger partial charge on any atom is -0.492 e. The summed E-state index contributed by atoms with van der Waals surface area (Å²) in [7, 11) is 1.85. The van der Waals surface area contributed by atoms with Crippen molar-refractivity contribution in [3.8, 4) is 5.75 Å². The number of hydrogen-bond donors (Lipinski definition) is 1. The molecule has 0 spiro atoms. The summed E-state index contributed by atoms with van der Waals surface area (Å²) >= 11 is 6.07. The Kier molecular flexibility index (Phi) is 7.75. The molecule has 0 radical (unpaired) electrons. The second-order valence-corrected chi connectivity index (χ2v) is 7.91. The number of halogens is 1. The molecule has 1 unspecified atom stereocenters. The number of ether oxygens (including phenoxy) is 1. The SMILES string of the molecule is CN(CCCOc1ccccc1Cl)C(=O)Cc1ccc(CC2CCNC2)cc1. The molecule has 1 N–H and O–H groups in total. The van der Waals surface area contributed by atoms with Crippen molar-refractivity contribution < 1.29 is 9.53 Å². The molecule has 1 fully saturated rings. The Morgan fingerprint density at radius 2 is 1.93 bits per heavy atom. The highest BCUT2D eigenvalue weighted by molar-refractivity contribution is 6.32. The van der Waals surface area contributed by atoms with Gasteiger partial charge in [-0.25, -0.2) is 0 Å². The zero-order valence-electron chi connectivity index (χ0n) is 16.5. The van der Waals surface area contributed by atoms with Gasteiger partial charge in [-0.05, 0) is 61.5 Å². The first-order chi connectivity index (χ1) is 13.6. The number of amides is 1. The van der Waals surface area contributed by atoms with Gasteiger partial charge in [-0.15, -0.1) is 0 Å². The van der Waals surface area contributed by atoms with Gasteiger partial charge in [0.2, 0.25) is 5.91 Å². The maximum absolute atomic E-state index is 12.5. The molecule has 3 rings (SSSR count). The fraction of sp³-hybridized carbons (Fsp3) is 0.435. The Morgan fingerprint density at radius 1 is 1.18 bits per heavy atom. The van der Waals surface area contributed by atoms with Crippen LogP contribution in [0, 0.1) is 5.92 Å². The lowest BCUT2D eigenvalue weighted by Crippen LogP contribution is -2.30. The van der Waals surface area contributed by atoms with Crippen LogP contribution in [0.5, 0.6) is 5.75 Å². The Labute approximate surface area is 172 Å². The van der Waals surface area contributed by atoms with Crippen molar-refractivity contribution in [3.63, 3.8) is 0 Å². The van der Waals surface area contributed by atoms with Crippen LogP contribution in [-0.2, 0) is 17.6 Å². The van der Waals surface area contributed by atoms with Crippen molar-refractivity contribution in [1.82, 2.24) is 10.2 Å². The van der Waals surface area contributed by atoms with Crippen molar-refractivity contribution in [2.75, 3.05) is 33.3 Å². The molecule has 0 saturated carbocycles. The number of nitrogens with zero attached hydrogens (tertiary/aromatic N) is 1. The van der Waals surface area contributed by atoms with E-state index in [-0.39, 0.29) is 5.91 Å². The van der Waals surface area contributed by atoms with Gasteiger partial charge in [0.05, 0.1) is 18.1 Å². The van der Waals surface area contributed by atoms with Gasteiger partial charge in [-0.3, -0.25) is 4.79 Å². The first-order valence-electron chi connectivity index (χ1n) is 10.0. The van der Waals surface area contributed by atoms with Gasteiger partial charge < -0.3 is 15.0 Å². The Balaban J connectivity index is 1.38. The average molecular weight is 401 g/mol. The van der Waals surface area contributed by atoms with E-state index in [9.17, 15) is 4.79 Å². The predicted molar refractivity (Wildman–Crippen MR) is 114 cm³/mol. The molecule has 1 aliphatic heterocycles. The number of hydrogen-bond acceptors (Lipinski definition) is 3. The van der Waals surface area contributed by atoms with Gasteiger partial charge in [0.1, 0.15) is 5.75 Å². The third-order valence-corrected chi connectivity index (χ3v) is 5.54. The molecule has 1 heterocycles. The maximum atomic E-state index is 12.5. The zero-order chi connectivity index (χ0) is 19.8. The van der Waals surface area contributed by atoms with Crippen LogP contribution in [0.3, 0.4) is 0 Å². The summed E-state index contributed by atoms with van der Waals surface area (Å²) in [6.45, 7) is 3.44. The molecule has 150 valence electrons. The molecule has 0 bridgehead atoms. The van der Waals surface area contributed by atoms with E-state index in [1.54, 1.807) is 4.90 Å². The number of likely N-dealkylation sites (N-methyl/N-ethyl adjacent to an activating group) is 1. The highest BCUT2D eigenvalue weighted by atomic mass is 35.5. The van der Waals surface area contributed by atoms with E-state index in [4.69, 9.17) is 16.3 Å². The van der Waals surface area contributed by atoms with Crippen LogP contribution in [0.2, 0.25) is 5.02 Å². The molecular formula is C23H29ClN2O2. The van der Waals surface area contributed by atoms with E-state index in [0.717, 1.165) is 37.4 Å². The maximum Gasteiger partial charge on any atom is 0.226 e. The van der Waals surface area contributed by atoms with Crippen molar-refractivity contribution in [2.24, 2.45) is 5.92 Å². The Hall–Kier alpha value is -2.04. The number of carbonyl (C=O) groups excluding carboxylic acids is 1. The van der Waals surface area contributed by atoms with Gasteiger partial charge >= 0.3 is 0 Å². The van der Waals surface area contributed by atoms with Gasteiger partial charge in [0, 0.05) is 13.6 Å². The quantitative estimate of drug-likeness (QED) is 0.648. The molecule has 1 aliphatic rings. The predicted octanol–water partition coefficient (Wildman–Crippen LogP) is 3.96. The van der Waals surface area contributed by atoms with E-state index < -0.39 is 0 Å². The summed E-state index contributed by atoms with van der Waals surface area (Å²) < 4.78 is 5.68. The van der Waals surface area contributed by atoms with Gasteiger partial charge in [-0.1, -0.05) is 48.0 Å². The summed E-state index contributed by atoms with van der Waals surface area (Å²) in [5.41, 5.74) is 2.42. The number of benzene rings is 2. The van der Waals surface area contributed by atoms with Crippen molar-refractivity contribution in [1.29, 1.82) is 0 Å². The largest absolute Gasteiger partial charge is 0.492 e. The first-order valence-corrected chi connectivity index (χ1v) is 10.4. The van der Waals surface area contributed by atoms with E-state index in [0.29, 0.717) is 30.3 Å². The summed E-state index contributed by atoms with van der Waals surface area (Å²) in [5.74, 6) is 1.56. The summed E-state index contributed by atoms with van der Waals surface area (Å²) in [6, 6.07) is 15.9. The van der Waals surface area contributed by atoms with E-state index >= 15 is 0 Å². The fourth-order valence-corrected chi connectivity index (χ4v) is 3.69. The normalized spacial score (nSPS) is 16.1. The minimum atomic E-state index is 0.130. The van der Waals surface area contributed by atoms with Crippen molar-refractivity contribution in [2.45, 2.75) is 25.7 Å². The number of carbonyl (C=O) groups is 1. The van der Waals surface area contributed by atoms with E-state index in [2.05, 4.69) is 29.6 Å². The summed E-state index contributed by atoms with van der Waals surface area (Å²) in [5, 5.41) is 4.02. The Morgan fingerprint density at radius 3 is 2.64 bits per heavy atom. The molecule has 0 aromatic heterocycles. The van der Waals surface area contributed by atoms with Crippen LogP contribution in [0.1, 0.15) is 24.0 Å². The number of rotatable bonds is 9. The van der Waals surface area contributed by atoms with E-state index in [1.165, 1.54) is 12.0 Å². The minimum absolute atomic E-state index is 0.130. The van der Waals surface area contributed by atoms with E-state index in [1.807, 2.05) is 31.3 Å². The molecule has 5 heteroatoms. The summed E-state index contributed by atoms with van der Waals surface area (Å²) in [6.07, 6.45) is 3.58. The van der Waals surface area contributed by atoms with Crippen molar-refractivity contribution in [3.05, 3.63) is 64.7 Å². The highest BCUT2D eigenvalue weighted by Crippen LogP contribution is 2.23. The van der Waals surface area contributed by atoms with Gasteiger partial charge in [0.15, 0.2) is 0 Å². The van der Waals surface area contributed by atoms with Crippen molar-refractivity contribution >= 4 is 17.5 Å². The van der Waals surface area contributed by atoms with Crippen LogP contribution < -0.4 is 10.1 Å². The zero-order valence-corrected chi connectivity index (χ0v) is 17.3. The molecule has 1 amide bonds. The third-order valence-electron chi connectivity index (χ3n) is 5.22. The fourth-order valence-electron chi connectivity index (χ4n) is 3.50. The Bertz CT molecular complexity index is 757. The highest BCUT2D eigenvalue weighted by Gasteiger charge is 2.15. The molecule has 1 atom stereocenters. The third kappa shape index (κ3) is 6.25. The second kappa shape index (κ2) is 10.5. The molecule has 4 nitrogen and oxygen atoms in total.